The lowest BCUT2D eigenvalue weighted by Gasteiger charge is -2.22. The Hall–Kier alpha value is -1.57. The maximum Gasteiger partial charge on any atom is 0.266 e. The molecule has 28 heavy (non-hydrogen) atoms. The highest BCUT2D eigenvalue weighted by atomic mass is 35.5. The highest BCUT2D eigenvalue weighted by Crippen LogP contribution is 2.36. The van der Waals surface area contributed by atoms with Crippen LogP contribution in [0.4, 0.5) is 5.69 Å². The van der Waals surface area contributed by atoms with Crippen molar-refractivity contribution in [3.63, 3.8) is 0 Å². The fourth-order valence-corrected chi connectivity index (χ4v) is 4.38. The van der Waals surface area contributed by atoms with Gasteiger partial charge in [0, 0.05) is 10.7 Å². The minimum Gasteiger partial charge on any atom is -0.324 e. The Morgan fingerprint density at radius 1 is 1.18 bits per heavy atom. The Morgan fingerprint density at radius 3 is 2.54 bits per heavy atom. The lowest BCUT2D eigenvalue weighted by molar-refractivity contribution is -0.129. The zero-order chi connectivity index (χ0) is 20.4. The Kier molecular flexibility index (Phi) is 6.68. The third kappa shape index (κ3) is 4.53. The normalized spacial score (nSPS) is 16.6. The topological polar surface area (TPSA) is 49.4 Å². The van der Waals surface area contributed by atoms with Crippen LogP contribution in [0, 0.1) is 0 Å². The van der Waals surface area contributed by atoms with E-state index in [0.29, 0.717) is 35.5 Å². The molecule has 1 aliphatic rings. The number of rotatable bonds is 4. The van der Waals surface area contributed by atoms with E-state index < -0.39 is 6.04 Å². The Labute approximate surface area is 186 Å². The van der Waals surface area contributed by atoms with Gasteiger partial charge in [0.1, 0.15) is 10.4 Å². The minimum absolute atomic E-state index is 0.299. The number of hydrogen-bond donors (Lipinski definition) is 1. The molecule has 0 spiro atoms. The van der Waals surface area contributed by atoms with Crippen LogP contribution in [0.25, 0.3) is 6.08 Å². The number of nitrogens with one attached hydrogen (secondary N) is 1. The van der Waals surface area contributed by atoms with E-state index in [0.717, 1.165) is 11.8 Å². The maximum absolute atomic E-state index is 12.8. The molecule has 4 nitrogen and oxygen atoms in total. The third-order valence-electron chi connectivity index (χ3n) is 3.97. The van der Waals surface area contributed by atoms with Crippen LogP contribution in [-0.2, 0) is 9.59 Å². The highest BCUT2D eigenvalue weighted by molar-refractivity contribution is 8.26. The molecule has 1 unspecified atom stereocenters. The molecule has 2 amide bonds. The van der Waals surface area contributed by atoms with Crippen molar-refractivity contribution in [1.82, 2.24) is 4.90 Å². The van der Waals surface area contributed by atoms with Gasteiger partial charge in [-0.15, -0.1) is 0 Å². The van der Waals surface area contributed by atoms with Crippen molar-refractivity contribution in [1.29, 1.82) is 0 Å². The minimum atomic E-state index is -0.788. The number of thioether (sulfide) groups is 1. The zero-order valence-electron chi connectivity index (χ0n) is 14.4. The molecule has 0 saturated carbocycles. The summed E-state index contributed by atoms with van der Waals surface area (Å²) < 4.78 is 0.299. The molecule has 0 bridgehead atoms. The number of halogens is 3. The molecule has 2 aromatic carbocycles. The Balaban J connectivity index is 1.79. The summed E-state index contributed by atoms with van der Waals surface area (Å²) >= 11 is 24.5. The van der Waals surface area contributed by atoms with Gasteiger partial charge in [-0.3, -0.25) is 14.5 Å². The van der Waals surface area contributed by atoms with E-state index in [9.17, 15) is 9.59 Å². The van der Waals surface area contributed by atoms with Crippen LogP contribution in [0.2, 0.25) is 15.1 Å². The van der Waals surface area contributed by atoms with Gasteiger partial charge >= 0.3 is 0 Å². The van der Waals surface area contributed by atoms with E-state index in [1.54, 1.807) is 55.5 Å². The van der Waals surface area contributed by atoms with Crippen molar-refractivity contribution in [2.45, 2.75) is 13.0 Å². The summed E-state index contributed by atoms with van der Waals surface area (Å²) in [6.45, 7) is 1.62. The molecule has 0 aromatic heterocycles. The largest absolute Gasteiger partial charge is 0.324 e. The van der Waals surface area contributed by atoms with Crippen molar-refractivity contribution >= 4 is 86.7 Å². The summed E-state index contributed by atoms with van der Waals surface area (Å²) in [5.41, 5.74) is 1.18. The van der Waals surface area contributed by atoms with E-state index in [2.05, 4.69) is 5.32 Å². The summed E-state index contributed by atoms with van der Waals surface area (Å²) in [5.74, 6) is -0.717. The number of carbonyl (C=O) groups is 2. The molecule has 1 heterocycles. The number of benzene rings is 2. The zero-order valence-corrected chi connectivity index (χ0v) is 18.3. The molecule has 2 aromatic rings. The van der Waals surface area contributed by atoms with Gasteiger partial charge in [-0.05, 0) is 48.9 Å². The molecule has 0 aliphatic carbocycles. The van der Waals surface area contributed by atoms with Crippen LogP contribution in [0.5, 0.6) is 0 Å². The smallest absolute Gasteiger partial charge is 0.266 e. The summed E-state index contributed by atoms with van der Waals surface area (Å²) in [6, 6.07) is 11.0. The molecule has 1 atom stereocenters. The summed E-state index contributed by atoms with van der Waals surface area (Å²) in [5, 5.41) is 4.05. The predicted molar refractivity (Wildman–Crippen MR) is 121 cm³/mol. The first-order valence-corrected chi connectivity index (χ1v) is 10.4. The van der Waals surface area contributed by atoms with Crippen molar-refractivity contribution in [2.75, 3.05) is 5.32 Å². The molecule has 1 fully saturated rings. The Bertz CT molecular complexity index is 993. The van der Waals surface area contributed by atoms with Crippen LogP contribution in [-0.4, -0.2) is 27.1 Å². The van der Waals surface area contributed by atoms with E-state index >= 15 is 0 Å². The molecular formula is C19H13Cl3N2O2S2. The summed E-state index contributed by atoms with van der Waals surface area (Å²) in [4.78, 5) is 27.1. The molecule has 1 N–H and O–H groups in total. The quantitative estimate of drug-likeness (QED) is 0.447. The van der Waals surface area contributed by atoms with Crippen molar-refractivity contribution < 1.29 is 9.59 Å². The van der Waals surface area contributed by atoms with Crippen LogP contribution in [0.15, 0.2) is 47.4 Å². The van der Waals surface area contributed by atoms with Crippen LogP contribution < -0.4 is 5.32 Å². The lowest BCUT2D eigenvalue weighted by Crippen LogP contribution is -2.44. The molecule has 3 rings (SSSR count). The second-order valence-corrected chi connectivity index (χ2v) is 8.76. The first-order valence-electron chi connectivity index (χ1n) is 8.05. The van der Waals surface area contributed by atoms with Gasteiger partial charge in [-0.2, -0.15) is 0 Å². The third-order valence-corrected chi connectivity index (χ3v) is 6.39. The summed E-state index contributed by atoms with van der Waals surface area (Å²) in [7, 11) is 0. The fourth-order valence-electron chi connectivity index (χ4n) is 2.48. The van der Waals surface area contributed by atoms with Gasteiger partial charge < -0.3 is 5.32 Å². The average molecular weight is 472 g/mol. The number of amides is 2. The predicted octanol–water partition coefficient (Wildman–Crippen LogP) is 5.88. The van der Waals surface area contributed by atoms with Gasteiger partial charge in [0.15, 0.2) is 0 Å². The van der Waals surface area contributed by atoms with Crippen molar-refractivity contribution in [3.8, 4) is 0 Å². The van der Waals surface area contributed by atoms with Gasteiger partial charge in [0.25, 0.3) is 5.91 Å². The second kappa shape index (κ2) is 8.84. The van der Waals surface area contributed by atoms with Crippen LogP contribution in [0.1, 0.15) is 12.5 Å². The first kappa shape index (κ1) is 21.1. The molecule has 1 aliphatic heterocycles. The van der Waals surface area contributed by atoms with E-state index in [1.807, 2.05) is 0 Å². The SMILES string of the molecule is CC(C(=O)Nc1ccc(Cl)cc1)N1C(=O)/C(=C/c2cccc(Cl)c2Cl)SC1=S. The lowest BCUT2D eigenvalue weighted by atomic mass is 10.2. The number of nitrogens with zero attached hydrogens (tertiary/aromatic N) is 1. The first-order chi connectivity index (χ1) is 13.3. The van der Waals surface area contributed by atoms with E-state index in [1.165, 1.54) is 4.90 Å². The second-order valence-electron chi connectivity index (χ2n) is 5.87. The molecule has 144 valence electrons. The number of carbonyl (C=O) groups excluding carboxylic acids is 2. The van der Waals surface area contributed by atoms with Gasteiger partial charge in [0.05, 0.1) is 15.0 Å². The summed E-state index contributed by atoms with van der Waals surface area (Å²) in [6.07, 6.45) is 1.62. The van der Waals surface area contributed by atoms with Crippen molar-refractivity contribution in [3.05, 3.63) is 68.0 Å². The number of hydrogen-bond acceptors (Lipinski definition) is 4. The van der Waals surface area contributed by atoms with Crippen molar-refractivity contribution in [2.24, 2.45) is 0 Å². The number of anilines is 1. The van der Waals surface area contributed by atoms with Crippen LogP contribution in [0.3, 0.4) is 0 Å². The monoisotopic (exact) mass is 470 g/mol. The van der Waals surface area contributed by atoms with Gasteiger partial charge in [-0.25, -0.2) is 0 Å². The van der Waals surface area contributed by atoms with E-state index in [4.69, 9.17) is 47.0 Å². The maximum atomic E-state index is 12.8. The average Bonchev–Trinajstić information content (AvgIpc) is 2.93. The standard InChI is InChI=1S/C19H13Cl3N2O2S2/c1-10(17(25)23-13-7-5-12(20)6-8-13)24-18(26)15(28-19(24)27)9-11-3-2-4-14(21)16(11)22/h2-10H,1H3,(H,23,25)/b15-9-. The van der Waals surface area contributed by atoms with Crippen LogP contribution >= 0.6 is 58.8 Å². The molecule has 1 saturated heterocycles. The van der Waals surface area contributed by atoms with E-state index in [-0.39, 0.29) is 11.8 Å². The molecule has 0 radical (unpaired) electrons. The van der Waals surface area contributed by atoms with Gasteiger partial charge in [-0.1, -0.05) is 70.9 Å². The van der Waals surface area contributed by atoms with Gasteiger partial charge in [0.2, 0.25) is 5.91 Å². The highest BCUT2D eigenvalue weighted by Gasteiger charge is 2.38. The molecule has 9 heteroatoms. The Morgan fingerprint density at radius 2 is 1.86 bits per heavy atom. The number of thiocarbonyl (C=S) groups is 1. The fraction of sp³-hybridized carbons (Fsp3) is 0.105. The molecular weight excluding hydrogens is 459 g/mol.